The maximum Gasteiger partial charge on any atom is 0.319 e. The summed E-state index contributed by atoms with van der Waals surface area (Å²) in [5.41, 5.74) is 1.45. The molecule has 4 heteroatoms. The van der Waals surface area contributed by atoms with Gasteiger partial charge in [0.1, 0.15) is 11.1 Å². The first-order valence-electron chi connectivity index (χ1n) is 4.74. The molecule has 0 N–H and O–H groups in total. The van der Waals surface area contributed by atoms with Crippen molar-refractivity contribution in [2.24, 2.45) is 0 Å². The molecule has 3 nitrogen and oxygen atoms in total. The van der Waals surface area contributed by atoms with Crippen molar-refractivity contribution >= 4 is 22.5 Å². The Bertz CT molecular complexity index is 511. The molecule has 2 rings (SSSR count). The lowest BCUT2D eigenvalue weighted by atomic mass is 10.2. The monoisotopic (exact) mass is 222 g/mol. The van der Waals surface area contributed by atoms with Crippen molar-refractivity contribution in [3.63, 3.8) is 0 Å². The Balaban J connectivity index is 2.82. The van der Waals surface area contributed by atoms with E-state index in [0.717, 1.165) is 15.6 Å². The molecule has 1 aromatic heterocycles. The van der Waals surface area contributed by atoms with E-state index < -0.39 is 0 Å². The van der Waals surface area contributed by atoms with Gasteiger partial charge in [-0.1, -0.05) is 12.1 Å². The summed E-state index contributed by atoms with van der Waals surface area (Å²) in [6.07, 6.45) is 0. The summed E-state index contributed by atoms with van der Waals surface area (Å²) in [7, 11) is 0. The fourth-order valence-electron chi connectivity index (χ4n) is 1.58. The van der Waals surface area contributed by atoms with E-state index in [4.69, 9.17) is 11.6 Å². The topological polar surface area (TPSA) is 39.8 Å². The fraction of sp³-hybridized carbons (Fsp3) is 0.273. The second kappa shape index (κ2) is 3.66. The van der Waals surface area contributed by atoms with Crippen LogP contribution in [0, 0.1) is 12.1 Å². The van der Waals surface area contributed by atoms with Crippen LogP contribution in [-0.4, -0.2) is 4.98 Å². The lowest BCUT2D eigenvalue weighted by Gasteiger charge is -2.11. The van der Waals surface area contributed by atoms with Gasteiger partial charge in [-0.15, -0.1) is 11.6 Å². The Morgan fingerprint density at radius 1 is 1.40 bits per heavy atom. The zero-order valence-corrected chi connectivity index (χ0v) is 9.32. The van der Waals surface area contributed by atoms with E-state index >= 15 is 0 Å². The first-order valence-corrected chi connectivity index (χ1v) is 5.18. The van der Waals surface area contributed by atoms with E-state index in [1.54, 1.807) is 13.8 Å². The molecule has 15 heavy (non-hydrogen) atoms. The first-order chi connectivity index (χ1) is 7.11. The number of aromatic nitrogens is 2. The van der Waals surface area contributed by atoms with Crippen molar-refractivity contribution in [2.75, 3.05) is 0 Å². The molecule has 0 saturated heterocycles. The molecule has 0 aliphatic rings. The number of benzene rings is 1. The van der Waals surface area contributed by atoms with Crippen LogP contribution in [0.1, 0.15) is 23.8 Å². The summed E-state index contributed by atoms with van der Waals surface area (Å²) in [6, 6.07) is 7.55. The quantitative estimate of drug-likeness (QED) is 0.423. The van der Waals surface area contributed by atoms with Crippen LogP contribution in [0.25, 0.3) is 10.9 Å². The van der Waals surface area contributed by atoms with Crippen LogP contribution in [0.15, 0.2) is 24.3 Å². The number of alkyl halides is 1. The van der Waals surface area contributed by atoms with E-state index in [1.807, 2.05) is 24.3 Å². The zero-order valence-electron chi connectivity index (χ0n) is 8.57. The number of nitrogens with zero attached hydrogens (tertiary/aromatic N) is 2. The van der Waals surface area contributed by atoms with Crippen LogP contribution in [0.5, 0.6) is 0 Å². The van der Waals surface area contributed by atoms with Crippen molar-refractivity contribution in [2.45, 2.75) is 19.2 Å². The molecule has 0 saturated carbocycles. The predicted molar refractivity (Wildman–Crippen MR) is 59.7 cm³/mol. The van der Waals surface area contributed by atoms with Gasteiger partial charge in [0.2, 0.25) is 0 Å². The highest BCUT2D eigenvalue weighted by atomic mass is 35.5. The van der Waals surface area contributed by atoms with Gasteiger partial charge in [-0.05, 0) is 31.0 Å². The number of para-hydroxylation sites is 1. The van der Waals surface area contributed by atoms with Crippen molar-refractivity contribution in [1.82, 2.24) is 4.98 Å². The van der Waals surface area contributed by atoms with Crippen LogP contribution in [-0.2, 0) is 0 Å². The molecule has 1 atom stereocenters. The Morgan fingerprint density at radius 3 is 2.73 bits per heavy atom. The molecule has 0 aliphatic carbocycles. The third-order valence-corrected chi connectivity index (χ3v) is 2.59. The molecule has 1 unspecified atom stereocenters. The molecule has 0 bridgehead atoms. The molecule has 0 radical (unpaired) electrons. The molecule has 78 valence electrons. The minimum Gasteiger partial charge on any atom is -0.710 e. The van der Waals surface area contributed by atoms with Crippen molar-refractivity contribution in [1.29, 1.82) is 0 Å². The van der Waals surface area contributed by atoms with Gasteiger partial charge < -0.3 is 5.21 Å². The SMILES string of the molecule is Cc1c2ccccc2nc(C(C)Cl)[n+]1[O-]. The number of halogens is 1. The molecular formula is C11H11ClN2O. The molecule has 0 amide bonds. The Morgan fingerprint density at radius 2 is 2.07 bits per heavy atom. The summed E-state index contributed by atoms with van der Waals surface area (Å²) in [5, 5.41) is 12.3. The first kappa shape index (κ1) is 10.2. The number of rotatable bonds is 1. The summed E-state index contributed by atoms with van der Waals surface area (Å²) in [6.45, 7) is 3.52. The van der Waals surface area contributed by atoms with Crippen LogP contribution in [0.3, 0.4) is 0 Å². The average Bonchev–Trinajstić information content (AvgIpc) is 2.23. The summed E-state index contributed by atoms with van der Waals surface area (Å²) in [5.74, 6) is 0.355. The predicted octanol–water partition coefficient (Wildman–Crippen LogP) is 2.48. The van der Waals surface area contributed by atoms with Gasteiger partial charge in [0, 0.05) is 0 Å². The van der Waals surface area contributed by atoms with Gasteiger partial charge in [0.05, 0.1) is 5.39 Å². The highest BCUT2D eigenvalue weighted by Crippen LogP contribution is 2.19. The minimum absolute atomic E-state index is 0.355. The van der Waals surface area contributed by atoms with Crippen LogP contribution >= 0.6 is 11.6 Å². The molecule has 1 aromatic carbocycles. The molecule has 0 spiro atoms. The minimum atomic E-state index is -0.384. The summed E-state index contributed by atoms with van der Waals surface area (Å²) < 4.78 is 0.806. The second-order valence-corrected chi connectivity index (χ2v) is 4.14. The highest BCUT2D eigenvalue weighted by Gasteiger charge is 2.19. The average molecular weight is 223 g/mol. The summed E-state index contributed by atoms with van der Waals surface area (Å²) >= 11 is 5.90. The van der Waals surface area contributed by atoms with Crippen molar-refractivity contribution in [3.05, 3.63) is 41.0 Å². The third kappa shape index (κ3) is 1.63. The number of hydrogen-bond donors (Lipinski definition) is 0. The van der Waals surface area contributed by atoms with E-state index in [-0.39, 0.29) is 5.38 Å². The van der Waals surface area contributed by atoms with Crippen LogP contribution in [0.2, 0.25) is 0 Å². The zero-order chi connectivity index (χ0) is 11.0. The smallest absolute Gasteiger partial charge is 0.319 e. The Hall–Kier alpha value is -1.35. The van der Waals surface area contributed by atoms with E-state index in [1.165, 1.54) is 0 Å². The van der Waals surface area contributed by atoms with Gasteiger partial charge in [0.15, 0.2) is 5.52 Å². The number of hydrogen-bond acceptors (Lipinski definition) is 2. The maximum absolute atomic E-state index is 11.8. The third-order valence-electron chi connectivity index (χ3n) is 2.40. The van der Waals surface area contributed by atoms with Gasteiger partial charge in [-0.2, -0.15) is 0 Å². The Labute approximate surface area is 92.9 Å². The molecule has 1 heterocycles. The second-order valence-electron chi connectivity index (χ2n) is 3.48. The van der Waals surface area contributed by atoms with Crippen molar-refractivity contribution < 1.29 is 4.73 Å². The van der Waals surface area contributed by atoms with Gasteiger partial charge in [-0.3, -0.25) is 0 Å². The normalized spacial score (nSPS) is 13.0. The molecular weight excluding hydrogens is 212 g/mol. The lowest BCUT2D eigenvalue weighted by Crippen LogP contribution is -2.37. The van der Waals surface area contributed by atoms with Gasteiger partial charge in [-0.25, -0.2) is 4.73 Å². The van der Waals surface area contributed by atoms with E-state index in [9.17, 15) is 5.21 Å². The molecule has 0 fully saturated rings. The van der Waals surface area contributed by atoms with Gasteiger partial charge >= 0.3 is 5.82 Å². The standard InChI is InChI=1S/C11H11ClN2O/c1-7(12)11-13-10-6-4-3-5-9(10)8(2)14(11)15/h3-7H,1-2H3. The fourth-order valence-corrected chi connectivity index (χ4v) is 1.72. The maximum atomic E-state index is 11.8. The number of aryl methyl sites for hydroxylation is 1. The van der Waals surface area contributed by atoms with Gasteiger partial charge in [0.25, 0.3) is 0 Å². The number of fused-ring (bicyclic) bond motifs is 1. The van der Waals surface area contributed by atoms with Crippen molar-refractivity contribution in [3.8, 4) is 0 Å². The highest BCUT2D eigenvalue weighted by molar-refractivity contribution is 6.20. The molecule has 2 aromatic rings. The molecule has 0 aliphatic heterocycles. The van der Waals surface area contributed by atoms with Crippen LogP contribution in [0.4, 0.5) is 0 Å². The largest absolute Gasteiger partial charge is 0.710 e. The van der Waals surface area contributed by atoms with E-state index in [2.05, 4.69) is 4.98 Å². The van der Waals surface area contributed by atoms with Crippen LogP contribution < -0.4 is 4.73 Å². The Kier molecular flexibility index (Phi) is 2.49. The van der Waals surface area contributed by atoms with E-state index in [0.29, 0.717) is 11.5 Å². The summed E-state index contributed by atoms with van der Waals surface area (Å²) in [4.78, 5) is 4.25. The lowest BCUT2D eigenvalue weighted by molar-refractivity contribution is -0.622.